The smallest absolute Gasteiger partial charge is 0.293 e. The van der Waals surface area contributed by atoms with Gasteiger partial charge in [-0.15, -0.1) is 0 Å². The summed E-state index contributed by atoms with van der Waals surface area (Å²) in [5, 5.41) is 16.0. The minimum absolute atomic E-state index is 0.0151. The van der Waals surface area contributed by atoms with Crippen molar-refractivity contribution in [2.45, 2.75) is 75.6 Å². The van der Waals surface area contributed by atoms with E-state index in [0.717, 1.165) is 62.7 Å². The van der Waals surface area contributed by atoms with Crippen LogP contribution in [0, 0.1) is 26.9 Å². The zero-order chi connectivity index (χ0) is 43.4. The summed E-state index contributed by atoms with van der Waals surface area (Å²) in [7, 11) is -0.0768. The van der Waals surface area contributed by atoms with Crippen LogP contribution < -0.4 is 19.7 Å². The van der Waals surface area contributed by atoms with E-state index in [1.807, 2.05) is 12.1 Å². The molecule has 0 spiro atoms. The molecule has 2 aromatic heterocycles. The number of fused-ring (bicyclic) bond motifs is 1. The Kier molecular flexibility index (Phi) is 11.1. The van der Waals surface area contributed by atoms with Crippen molar-refractivity contribution in [3.05, 3.63) is 87.7 Å². The highest BCUT2D eigenvalue weighted by molar-refractivity contribution is 7.90. The number of anilines is 2. The van der Waals surface area contributed by atoms with E-state index in [-0.39, 0.29) is 22.9 Å². The summed E-state index contributed by atoms with van der Waals surface area (Å²) in [6, 6.07) is 12.4. The second kappa shape index (κ2) is 16.3. The largest absolute Gasteiger partial charge is 0.455 e. The fraction of sp³-hybridized carbons (Fsp3) is 0.522. The van der Waals surface area contributed by atoms with Crippen LogP contribution in [0.3, 0.4) is 0 Å². The minimum atomic E-state index is -4.54. The Morgan fingerprint density at radius 2 is 1.81 bits per heavy atom. The number of aromatic nitrogens is 2. The number of hydrogen-bond acceptors (Lipinski definition) is 12. The molecule has 0 atom stereocenters. The van der Waals surface area contributed by atoms with Gasteiger partial charge >= 0.3 is 0 Å². The summed E-state index contributed by atoms with van der Waals surface area (Å²) >= 11 is 0. The first kappa shape index (κ1) is 42.3. The van der Waals surface area contributed by atoms with E-state index < -0.39 is 31.4 Å². The maximum absolute atomic E-state index is 13.9. The van der Waals surface area contributed by atoms with Gasteiger partial charge in [-0.1, -0.05) is 25.0 Å². The van der Waals surface area contributed by atoms with Crippen LogP contribution in [-0.4, -0.2) is 111 Å². The van der Waals surface area contributed by atoms with Crippen LogP contribution in [0.15, 0.2) is 77.0 Å². The summed E-state index contributed by atoms with van der Waals surface area (Å²) in [5.74, 6) is -0.128. The average molecular weight is 867 g/mol. The van der Waals surface area contributed by atoms with E-state index >= 15 is 0 Å². The molecule has 3 saturated carbocycles. The number of rotatable bonds is 14. The SMILES string of the molecule is CN(C)C12CC(C3=C(CN4CCN(c5ccc(C(=O)NS(=O)(=O)c6ccc(NCC7CCOCC7)c([N+](=O)[O-])c6)c(Oc6cnc7[nH]ccc7c6)c5)CC4)CCC(C)(C)C3)(C1)C2. The summed E-state index contributed by atoms with van der Waals surface area (Å²) in [6.45, 7) is 10.9. The molecule has 15 nitrogen and oxygen atoms in total. The molecule has 4 heterocycles. The Labute approximate surface area is 363 Å². The van der Waals surface area contributed by atoms with Gasteiger partial charge in [0.25, 0.3) is 21.6 Å². The van der Waals surface area contributed by atoms with Gasteiger partial charge in [0.2, 0.25) is 0 Å². The Morgan fingerprint density at radius 1 is 1.05 bits per heavy atom. The van der Waals surface area contributed by atoms with Gasteiger partial charge in [0.05, 0.1) is 21.6 Å². The van der Waals surface area contributed by atoms with Gasteiger partial charge in [-0.05, 0) is 119 Å². The number of amides is 1. The van der Waals surface area contributed by atoms with Gasteiger partial charge in [-0.3, -0.25) is 19.8 Å². The monoisotopic (exact) mass is 866 g/mol. The standard InChI is InChI=1S/C46H58N8O7S/c1-44(2)13-9-33(38(24-44)45-28-46(29-45,30-45)51(3)4)27-52-15-17-53(18-16-52)34-5-7-37(41(22-34)61-35-21-32-10-14-47-42(32)49-26-35)43(55)50-62(58,59)36-6-8-39(40(23-36)54(56)57)48-25-31-11-19-60-20-12-31/h5-8,10,14,21-23,26,31,48H,9,11-13,15-20,24-25,27-30H2,1-4H3,(H,47,49)(H,50,55). The number of nitro groups is 1. The molecule has 4 aliphatic carbocycles. The number of hydrogen-bond donors (Lipinski definition) is 3. The number of benzene rings is 2. The van der Waals surface area contributed by atoms with Crippen molar-refractivity contribution in [3.8, 4) is 11.5 Å². The molecule has 2 bridgehead atoms. The van der Waals surface area contributed by atoms with E-state index in [0.29, 0.717) is 47.5 Å². The highest BCUT2D eigenvalue weighted by Gasteiger charge is 2.70. The number of piperazine rings is 1. The van der Waals surface area contributed by atoms with Gasteiger partial charge in [0, 0.05) is 87.4 Å². The lowest BCUT2D eigenvalue weighted by Gasteiger charge is -2.75. The molecule has 2 aromatic carbocycles. The lowest BCUT2D eigenvalue weighted by Crippen LogP contribution is -2.74. The number of ether oxygens (including phenoxy) is 2. The molecule has 0 radical (unpaired) electrons. The van der Waals surface area contributed by atoms with Crippen molar-refractivity contribution in [1.29, 1.82) is 0 Å². The Balaban J connectivity index is 0.918. The second-order valence-electron chi connectivity index (χ2n) is 19.3. The maximum Gasteiger partial charge on any atom is 0.293 e. The third-order valence-electron chi connectivity index (χ3n) is 14.4. The highest BCUT2D eigenvalue weighted by Crippen LogP contribution is 2.74. The molecule has 16 heteroatoms. The Bertz CT molecular complexity index is 2500. The number of allylic oxidation sites excluding steroid dienone is 1. The number of nitrogens with zero attached hydrogens (tertiary/aromatic N) is 5. The second-order valence-corrected chi connectivity index (χ2v) is 21.0. The molecule has 62 heavy (non-hydrogen) atoms. The molecule has 1 amide bonds. The molecule has 330 valence electrons. The van der Waals surface area contributed by atoms with Crippen molar-refractivity contribution in [2.24, 2.45) is 16.7 Å². The van der Waals surface area contributed by atoms with Crippen LogP contribution >= 0.6 is 0 Å². The molecule has 5 fully saturated rings. The third-order valence-corrected chi connectivity index (χ3v) is 15.7. The van der Waals surface area contributed by atoms with Gasteiger partial charge in [-0.25, -0.2) is 18.1 Å². The fourth-order valence-corrected chi connectivity index (χ4v) is 11.5. The fourth-order valence-electron chi connectivity index (χ4n) is 10.5. The third kappa shape index (κ3) is 8.29. The first-order valence-corrected chi connectivity index (χ1v) is 23.4. The molecule has 2 saturated heterocycles. The molecule has 0 unspecified atom stereocenters. The molecular formula is C46H58N8O7S. The maximum atomic E-state index is 13.9. The van der Waals surface area contributed by atoms with Crippen LogP contribution in [0.5, 0.6) is 11.5 Å². The predicted molar refractivity (Wildman–Crippen MR) is 238 cm³/mol. The number of carbonyl (C=O) groups excluding carboxylic acids is 1. The highest BCUT2D eigenvalue weighted by atomic mass is 32.2. The molecule has 10 rings (SSSR count). The topological polar surface area (TPSA) is 175 Å². The Hall–Kier alpha value is -5.03. The van der Waals surface area contributed by atoms with E-state index in [9.17, 15) is 23.3 Å². The normalized spacial score (nSPS) is 24.1. The zero-order valence-electron chi connectivity index (χ0n) is 36.2. The molecular weight excluding hydrogens is 809 g/mol. The van der Waals surface area contributed by atoms with Crippen molar-refractivity contribution in [1.82, 2.24) is 24.5 Å². The van der Waals surface area contributed by atoms with Crippen LogP contribution in [-0.2, 0) is 14.8 Å². The van der Waals surface area contributed by atoms with Gasteiger partial charge in [0.1, 0.15) is 22.8 Å². The lowest BCUT2D eigenvalue weighted by molar-refractivity contribution is -0.384. The van der Waals surface area contributed by atoms with Crippen molar-refractivity contribution in [2.75, 3.05) is 76.8 Å². The zero-order valence-corrected chi connectivity index (χ0v) is 37.0. The molecule has 2 aliphatic heterocycles. The molecule has 6 aliphatic rings. The molecule has 4 aromatic rings. The minimum Gasteiger partial charge on any atom is -0.455 e. The van der Waals surface area contributed by atoms with Crippen molar-refractivity contribution < 1.29 is 27.6 Å². The Morgan fingerprint density at radius 3 is 2.53 bits per heavy atom. The number of aromatic amines is 1. The lowest BCUT2D eigenvalue weighted by atomic mass is 9.35. The van der Waals surface area contributed by atoms with E-state index in [1.54, 1.807) is 41.7 Å². The van der Waals surface area contributed by atoms with Gasteiger partial charge in [-0.2, -0.15) is 0 Å². The quantitative estimate of drug-likeness (QED) is 0.0655. The molecule has 3 N–H and O–H groups in total. The van der Waals surface area contributed by atoms with Crippen LogP contribution in [0.1, 0.15) is 75.6 Å². The van der Waals surface area contributed by atoms with E-state index in [4.69, 9.17) is 9.47 Å². The van der Waals surface area contributed by atoms with Crippen molar-refractivity contribution >= 4 is 44.0 Å². The number of carbonyl (C=O) groups is 1. The van der Waals surface area contributed by atoms with Crippen LogP contribution in [0.4, 0.5) is 17.1 Å². The first-order valence-electron chi connectivity index (χ1n) is 21.9. The number of pyridine rings is 1. The average Bonchev–Trinajstić information content (AvgIpc) is 3.68. The van der Waals surface area contributed by atoms with Crippen molar-refractivity contribution in [3.63, 3.8) is 0 Å². The van der Waals surface area contributed by atoms with E-state index in [1.165, 1.54) is 50.7 Å². The summed E-state index contributed by atoms with van der Waals surface area (Å²) < 4.78 is 41.3. The number of H-pyrrole nitrogens is 1. The summed E-state index contributed by atoms with van der Waals surface area (Å²) in [5.41, 5.74) is 5.85. The summed E-state index contributed by atoms with van der Waals surface area (Å²) in [4.78, 5) is 39.8. The predicted octanol–water partition coefficient (Wildman–Crippen LogP) is 7.33. The van der Waals surface area contributed by atoms with Crippen LogP contribution in [0.25, 0.3) is 11.0 Å². The van der Waals surface area contributed by atoms with Crippen LogP contribution in [0.2, 0.25) is 0 Å². The van der Waals surface area contributed by atoms with E-state index in [2.05, 4.69) is 62.6 Å². The first-order chi connectivity index (χ1) is 29.6. The number of sulfonamides is 1. The van der Waals surface area contributed by atoms with Gasteiger partial charge < -0.3 is 29.6 Å². The number of nitro benzene ring substituents is 1. The van der Waals surface area contributed by atoms with Gasteiger partial charge in [0.15, 0.2) is 0 Å². The number of nitrogens with one attached hydrogen (secondary N) is 3. The summed E-state index contributed by atoms with van der Waals surface area (Å²) in [6.07, 6.45) is 12.4.